The highest BCUT2D eigenvalue weighted by molar-refractivity contribution is 5.99. The van der Waals surface area contributed by atoms with Gasteiger partial charge in [0, 0.05) is 24.7 Å². The van der Waals surface area contributed by atoms with Crippen LogP contribution in [0.25, 0.3) is 5.65 Å². The first-order valence-electron chi connectivity index (χ1n) is 8.25. The molecule has 0 radical (unpaired) electrons. The minimum atomic E-state index is 0.270. The van der Waals surface area contributed by atoms with Crippen LogP contribution in [0.3, 0.4) is 0 Å². The van der Waals surface area contributed by atoms with Gasteiger partial charge >= 0.3 is 0 Å². The number of amidine groups is 1. The number of aromatic nitrogens is 4. The zero-order valence-electron chi connectivity index (χ0n) is 13.9. The number of nitrogens with zero attached hydrogens (tertiary/aromatic N) is 5. The maximum Gasteiger partial charge on any atom is 0.177 e. The third-order valence-corrected chi connectivity index (χ3v) is 4.32. The van der Waals surface area contributed by atoms with E-state index in [0.29, 0.717) is 0 Å². The van der Waals surface area contributed by atoms with Gasteiger partial charge in [-0.2, -0.15) is 5.10 Å². The van der Waals surface area contributed by atoms with E-state index in [2.05, 4.69) is 32.5 Å². The molecule has 1 unspecified atom stereocenters. The van der Waals surface area contributed by atoms with Crippen molar-refractivity contribution >= 4 is 11.5 Å². The molecule has 3 aromatic rings. The molecule has 0 bridgehead atoms. The predicted octanol–water partition coefficient (Wildman–Crippen LogP) is 2.09. The molecule has 1 atom stereocenters. The zero-order chi connectivity index (χ0) is 16.5. The molecule has 1 aliphatic heterocycles. The lowest BCUT2D eigenvalue weighted by molar-refractivity contribution is 0.621. The van der Waals surface area contributed by atoms with Crippen molar-refractivity contribution in [2.24, 2.45) is 4.99 Å². The Morgan fingerprint density at radius 1 is 1.21 bits per heavy atom. The SMILES string of the molecule is Cc1ncc(C)n2nc(CCC3CNC(c4ccccc4)=N3)nc12. The molecular weight excluding hydrogens is 300 g/mol. The van der Waals surface area contributed by atoms with E-state index < -0.39 is 0 Å². The van der Waals surface area contributed by atoms with Crippen molar-refractivity contribution in [2.75, 3.05) is 6.54 Å². The first kappa shape index (κ1) is 14.8. The van der Waals surface area contributed by atoms with Crippen LogP contribution in [0.2, 0.25) is 0 Å². The van der Waals surface area contributed by atoms with Crippen LogP contribution < -0.4 is 5.32 Å². The lowest BCUT2D eigenvalue weighted by Crippen LogP contribution is -2.22. The summed E-state index contributed by atoms with van der Waals surface area (Å²) in [6, 6.07) is 10.5. The summed E-state index contributed by atoms with van der Waals surface area (Å²) in [7, 11) is 0. The second-order valence-corrected chi connectivity index (χ2v) is 6.17. The number of benzene rings is 1. The van der Waals surface area contributed by atoms with Crippen molar-refractivity contribution in [1.82, 2.24) is 24.9 Å². The molecule has 6 nitrogen and oxygen atoms in total. The molecule has 1 aromatic carbocycles. The first-order chi connectivity index (χ1) is 11.7. The lowest BCUT2D eigenvalue weighted by atomic mass is 10.1. The highest BCUT2D eigenvalue weighted by Crippen LogP contribution is 2.13. The number of aryl methyl sites for hydroxylation is 3. The summed E-state index contributed by atoms with van der Waals surface area (Å²) in [5.74, 6) is 1.84. The van der Waals surface area contributed by atoms with Crippen LogP contribution in [0, 0.1) is 13.8 Å². The van der Waals surface area contributed by atoms with E-state index in [1.165, 1.54) is 0 Å². The molecule has 0 amide bonds. The Morgan fingerprint density at radius 3 is 2.83 bits per heavy atom. The Hall–Kier alpha value is -2.76. The Balaban J connectivity index is 1.47. The number of hydrogen-bond donors (Lipinski definition) is 1. The largest absolute Gasteiger partial charge is 0.368 e. The van der Waals surface area contributed by atoms with Gasteiger partial charge in [0.2, 0.25) is 0 Å². The molecule has 0 fully saturated rings. The molecular formula is C18H20N6. The summed E-state index contributed by atoms with van der Waals surface area (Å²) < 4.78 is 1.88. The van der Waals surface area contributed by atoms with Crippen LogP contribution in [0.1, 0.15) is 29.2 Å². The van der Waals surface area contributed by atoms with Gasteiger partial charge in [0.25, 0.3) is 0 Å². The fraction of sp³-hybridized carbons (Fsp3) is 0.333. The molecule has 122 valence electrons. The lowest BCUT2D eigenvalue weighted by Gasteiger charge is -2.02. The monoisotopic (exact) mass is 320 g/mol. The van der Waals surface area contributed by atoms with Gasteiger partial charge in [0.1, 0.15) is 5.84 Å². The summed E-state index contributed by atoms with van der Waals surface area (Å²) in [6.07, 6.45) is 3.59. The Bertz CT molecular complexity index is 858. The highest BCUT2D eigenvalue weighted by atomic mass is 15.3. The molecule has 24 heavy (non-hydrogen) atoms. The maximum absolute atomic E-state index is 4.79. The topological polar surface area (TPSA) is 67.5 Å². The van der Waals surface area contributed by atoms with Gasteiger partial charge in [-0.3, -0.25) is 9.98 Å². The van der Waals surface area contributed by atoms with Gasteiger partial charge in [-0.05, 0) is 20.3 Å². The number of rotatable bonds is 4. The van der Waals surface area contributed by atoms with Crippen LogP contribution in [-0.4, -0.2) is 38.0 Å². The van der Waals surface area contributed by atoms with Crippen LogP contribution in [-0.2, 0) is 6.42 Å². The molecule has 1 N–H and O–H groups in total. The third kappa shape index (κ3) is 2.75. The number of fused-ring (bicyclic) bond motifs is 1. The summed E-state index contributed by atoms with van der Waals surface area (Å²) in [6.45, 7) is 4.83. The van der Waals surface area contributed by atoms with Crippen molar-refractivity contribution in [2.45, 2.75) is 32.7 Å². The third-order valence-electron chi connectivity index (χ3n) is 4.32. The van der Waals surface area contributed by atoms with Gasteiger partial charge in [0.15, 0.2) is 11.5 Å². The van der Waals surface area contributed by atoms with Crippen LogP contribution >= 0.6 is 0 Å². The van der Waals surface area contributed by atoms with Crippen molar-refractivity contribution < 1.29 is 0 Å². The number of hydrogen-bond acceptors (Lipinski definition) is 5. The summed E-state index contributed by atoms with van der Waals surface area (Å²) in [5, 5.41) is 8.01. The Labute approximate surface area is 140 Å². The molecule has 4 rings (SSSR count). The van der Waals surface area contributed by atoms with Crippen molar-refractivity contribution in [3.05, 3.63) is 59.3 Å². The molecule has 2 aromatic heterocycles. The molecule has 6 heteroatoms. The minimum Gasteiger partial charge on any atom is -0.368 e. The molecule has 0 saturated heterocycles. The first-order valence-corrected chi connectivity index (χ1v) is 8.25. The van der Waals surface area contributed by atoms with Gasteiger partial charge in [-0.1, -0.05) is 30.3 Å². The predicted molar refractivity (Wildman–Crippen MR) is 93.3 cm³/mol. The molecule has 0 saturated carbocycles. The molecule has 0 spiro atoms. The minimum absolute atomic E-state index is 0.270. The van der Waals surface area contributed by atoms with Crippen LogP contribution in [0.5, 0.6) is 0 Å². The second kappa shape index (κ2) is 6.03. The van der Waals surface area contributed by atoms with Crippen molar-refractivity contribution in [1.29, 1.82) is 0 Å². The van der Waals surface area contributed by atoms with Crippen LogP contribution in [0.15, 0.2) is 41.5 Å². The fourth-order valence-corrected chi connectivity index (χ4v) is 2.97. The van der Waals surface area contributed by atoms with E-state index in [0.717, 1.165) is 53.6 Å². The second-order valence-electron chi connectivity index (χ2n) is 6.17. The smallest absolute Gasteiger partial charge is 0.177 e. The summed E-state index contributed by atoms with van der Waals surface area (Å²) in [4.78, 5) is 13.8. The average Bonchev–Trinajstić information content (AvgIpc) is 3.25. The maximum atomic E-state index is 4.79. The van der Waals surface area contributed by atoms with E-state index in [4.69, 9.17) is 4.99 Å². The van der Waals surface area contributed by atoms with Crippen molar-refractivity contribution in [3.63, 3.8) is 0 Å². The quantitative estimate of drug-likeness (QED) is 0.799. The summed E-state index contributed by atoms with van der Waals surface area (Å²) >= 11 is 0. The standard InChI is InChI=1S/C18H20N6/c1-12-10-19-13(2)18-22-16(23-24(12)18)9-8-15-11-20-17(21-15)14-6-4-3-5-7-14/h3-7,10,15H,8-9,11H2,1-2H3,(H,20,21). The van der Waals surface area contributed by atoms with Crippen molar-refractivity contribution in [3.8, 4) is 0 Å². The fourth-order valence-electron chi connectivity index (χ4n) is 2.97. The van der Waals surface area contributed by atoms with E-state index >= 15 is 0 Å². The highest BCUT2D eigenvalue weighted by Gasteiger charge is 2.18. The number of aliphatic imine (C=N–C) groups is 1. The van der Waals surface area contributed by atoms with Gasteiger partial charge in [-0.15, -0.1) is 0 Å². The molecule has 0 aliphatic carbocycles. The van der Waals surface area contributed by atoms with E-state index in [9.17, 15) is 0 Å². The Morgan fingerprint density at radius 2 is 2.04 bits per heavy atom. The molecule has 3 heterocycles. The zero-order valence-corrected chi connectivity index (χ0v) is 13.9. The number of nitrogens with one attached hydrogen (secondary N) is 1. The summed E-state index contributed by atoms with van der Waals surface area (Å²) in [5.41, 5.74) is 3.90. The van der Waals surface area contributed by atoms with Gasteiger partial charge in [-0.25, -0.2) is 9.50 Å². The molecule has 1 aliphatic rings. The van der Waals surface area contributed by atoms with E-state index in [-0.39, 0.29) is 6.04 Å². The van der Waals surface area contributed by atoms with Crippen LogP contribution in [0.4, 0.5) is 0 Å². The normalized spacial score (nSPS) is 17.1. The average molecular weight is 320 g/mol. The van der Waals surface area contributed by atoms with Gasteiger partial charge < -0.3 is 5.32 Å². The van der Waals surface area contributed by atoms with Gasteiger partial charge in [0.05, 0.1) is 17.4 Å². The van der Waals surface area contributed by atoms with E-state index in [1.807, 2.05) is 42.8 Å². The Kier molecular flexibility index (Phi) is 3.72. The van der Waals surface area contributed by atoms with E-state index in [1.54, 1.807) is 0 Å².